The first-order valence-corrected chi connectivity index (χ1v) is 12.2. The molecule has 174 valence electrons. The predicted molar refractivity (Wildman–Crippen MR) is 138 cm³/mol. The number of aromatic nitrogens is 1. The summed E-state index contributed by atoms with van der Waals surface area (Å²) in [7, 11) is 1.89. The second kappa shape index (κ2) is 10.8. The smallest absolute Gasteiger partial charge is 0.261 e. The van der Waals surface area contributed by atoms with Crippen molar-refractivity contribution in [3.05, 3.63) is 85.2 Å². The van der Waals surface area contributed by atoms with Crippen molar-refractivity contribution in [2.45, 2.75) is 53.4 Å². The molecule has 3 aromatic rings. The summed E-state index contributed by atoms with van der Waals surface area (Å²) in [6, 6.07) is 13.5. The van der Waals surface area contributed by atoms with Crippen molar-refractivity contribution in [2.75, 3.05) is 5.32 Å². The number of aryl methyl sites for hydroxylation is 2. The highest BCUT2D eigenvalue weighted by atomic mass is 79.9. The van der Waals surface area contributed by atoms with Gasteiger partial charge in [0.2, 0.25) is 5.43 Å². The number of nitrogens with zero attached hydrogens (tertiary/aromatic N) is 1. The summed E-state index contributed by atoms with van der Waals surface area (Å²) in [4.78, 5) is 26.6. The highest BCUT2D eigenvalue weighted by Gasteiger charge is 2.23. The van der Waals surface area contributed by atoms with Gasteiger partial charge in [0.25, 0.3) is 5.91 Å². The Kier molecular flexibility index (Phi) is 8.14. The minimum Gasteiger partial charge on any atom is -0.457 e. The molecule has 1 heterocycles. The number of nitrogens with one attached hydrogen (secondary N) is 1. The minimum atomic E-state index is -0.374. The summed E-state index contributed by atoms with van der Waals surface area (Å²) in [6.45, 7) is 8.00. The van der Waals surface area contributed by atoms with Crippen LogP contribution in [0.5, 0.6) is 11.5 Å². The van der Waals surface area contributed by atoms with Crippen molar-refractivity contribution in [3.63, 3.8) is 0 Å². The van der Waals surface area contributed by atoms with Gasteiger partial charge in [0, 0.05) is 24.1 Å². The summed E-state index contributed by atoms with van der Waals surface area (Å²) >= 11 is 3.39. The Bertz CT molecular complexity index is 1190. The average Bonchev–Trinajstić information content (AvgIpc) is 2.82. The van der Waals surface area contributed by atoms with Crippen molar-refractivity contribution in [1.82, 2.24) is 4.57 Å². The second-order valence-corrected chi connectivity index (χ2v) is 8.85. The van der Waals surface area contributed by atoms with Crippen LogP contribution in [0, 0.1) is 6.92 Å². The number of amides is 1. The molecule has 0 unspecified atom stereocenters. The number of carbonyl (C=O) groups is 1. The van der Waals surface area contributed by atoms with Gasteiger partial charge >= 0.3 is 0 Å². The number of para-hydroxylation sites is 1. The van der Waals surface area contributed by atoms with Crippen LogP contribution >= 0.6 is 15.9 Å². The molecule has 0 atom stereocenters. The van der Waals surface area contributed by atoms with Crippen molar-refractivity contribution in [3.8, 4) is 11.5 Å². The number of hydrogen-bond donors (Lipinski definition) is 1. The molecule has 1 aromatic heterocycles. The molecule has 2 aromatic carbocycles. The van der Waals surface area contributed by atoms with E-state index in [1.165, 1.54) is 0 Å². The van der Waals surface area contributed by atoms with Crippen LogP contribution in [0.2, 0.25) is 0 Å². The van der Waals surface area contributed by atoms with Crippen LogP contribution in [-0.4, -0.2) is 10.5 Å². The monoisotopic (exact) mass is 510 g/mol. The minimum absolute atomic E-state index is 0.200. The average molecular weight is 511 g/mol. The SMILES string of the molecule is CCCc1c(C(=O)Nc2c(CC)cc(Oc3ccccc3)cc2CC)c(=O)c(Br)c(C)n1C. The van der Waals surface area contributed by atoms with Crippen LogP contribution in [0.1, 0.15) is 60.1 Å². The van der Waals surface area contributed by atoms with Gasteiger partial charge < -0.3 is 14.6 Å². The molecule has 0 saturated carbocycles. The summed E-state index contributed by atoms with van der Waals surface area (Å²) in [5.41, 5.74) is 4.18. The van der Waals surface area contributed by atoms with Gasteiger partial charge in [-0.1, -0.05) is 45.4 Å². The number of benzene rings is 2. The Balaban J connectivity index is 2.05. The first kappa shape index (κ1) is 24.8. The lowest BCUT2D eigenvalue weighted by atomic mass is 10.0. The number of pyridine rings is 1. The number of ether oxygens (including phenoxy) is 1. The van der Waals surface area contributed by atoms with E-state index in [1.54, 1.807) is 0 Å². The van der Waals surface area contributed by atoms with E-state index in [0.29, 0.717) is 23.7 Å². The van der Waals surface area contributed by atoms with Crippen LogP contribution in [0.15, 0.2) is 51.7 Å². The first-order chi connectivity index (χ1) is 15.8. The largest absolute Gasteiger partial charge is 0.457 e. The molecule has 0 aliphatic carbocycles. The lowest BCUT2D eigenvalue weighted by molar-refractivity contribution is 0.102. The zero-order valence-electron chi connectivity index (χ0n) is 19.9. The molecular formula is C27H31BrN2O3. The third-order valence-corrected chi connectivity index (χ3v) is 6.84. The molecule has 0 bridgehead atoms. The van der Waals surface area contributed by atoms with Gasteiger partial charge in [-0.25, -0.2) is 0 Å². The second-order valence-electron chi connectivity index (χ2n) is 8.05. The maximum atomic E-state index is 13.5. The quantitative estimate of drug-likeness (QED) is 0.372. The Morgan fingerprint density at radius 1 is 1.03 bits per heavy atom. The summed E-state index contributed by atoms with van der Waals surface area (Å²) < 4.78 is 8.41. The van der Waals surface area contributed by atoms with E-state index in [9.17, 15) is 9.59 Å². The molecule has 0 aliphatic rings. The van der Waals surface area contributed by atoms with Crippen molar-refractivity contribution < 1.29 is 9.53 Å². The van der Waals surface area contributed by atoms with Gasteiger partial charge in [-0.3, -0.25) is 9.59 Å². The number of hydrogen-bond acceptors (Lipinski definition) is 3. The maximum absolute atomic E-state index is 13.5. The van der Waals surface area contributed by atoms with E-state index in [4.69, 9.17) is 4.74 Å². The van der Waals surface area contributed by atoms with Crippen molar-refractivity contribution in [2.24, 2.45) is 7.05 Å². The van der Waals surface area contributed by atoms with Crippen LogP contribution in [0.3, 0.4) is 0 Å². The molecule has 6 heteroatoms. The van der Waals surface area contributed by atoms with Crippen LogP contribution in [0.4, 0.5) is 5.69 Å². The Hall–Kier alpha value is -2.86. The first-order valence-electron chi connectivity index (χ1n) is 11.4. The van der Waals surface area contributed by atoms with E-state index >= 15 is 0 Å². The lowest BCUT2D eigenvalue weighted by Crippen LogP contribution is -2.29. The fourth-order valence-corrected chi connectivity index (χ4v) is 4.46. The maximum Gasteiger partial charge on any atom is 0.261 e. The van der Waals surface area contributed by atoms with Gasteiger partial charge in [-0.15, -0.1) is 0 Å². The van der Waals surface area contributed by atoms with Gasteiger partial charge in [0.1, 0.15) is 17.1 Å². The zero-order chi connectivity index (χ0) is 24.1. The van der Waals surface area contributed by atoms with Gasteiger partial charge in [-0.2, -0.15) is 0 Å². The van der Waals surface area contributed by atoms with E-state index in [-0.39, 0.29) is 16.9 Å². The topological polar surface area (TPSA) is 60.3 Å². The van der Waals surface area contributed by atoms with E-state index in [0.717, 1.165) is 46.1 Å². The fourth-order valence-electron chi connectivity index (χ4n) is 4.00. The lowest BCUT2D eigenvalue weighted by Gasteiger charge is -2.20. The van der Waals surface area contributed by atoms with E-state index < -0.39 is 0 Å². The molecule has 0 saturated heterocycles. The van der Waals surface area contributed by atoms with E-state index in [2.05, 4.69) is 21.2 Å². The molecule has 1 amide bonds. The molecule has 0 aliphatic heterocycles. The zero-order valence-corrected chi connectivity index (χ0v) is 21.5. The van der Waals surface area contributed by atoms with Crippen molar-refractivity contribution in [1.29, 1.82) is 0 Å². The summed E-state index contributed by atoms with van der Waals surface area (Å²) in [5, 5.41) is 3.07. The third-order valence-electron chi connectivity index (χ3n) is 5.91. The van der Waals surface area contributed by atoms with Crippen molar-refractivity contribution >= 4 is 27.5 Å². The highest BCUT2D eigenvalue weighted by molar-refractivity contribution is 9.10. The Labute approximate surface area is 203 Å². The molecule has 3 rings (SSSR count). The molecule has 0 radical (unpaired) electrons. The third kappa shape index (κ3) is 5.22. The molecule has 33 heavy (non-hydrogen) atoms. The predicted octanol–water partition coefficient (Wildman–Crippen LogP) is 6.58. The Morgan fingerprint density at radius 3 is 2.18 bits per heavy atom. The number of carbonyl (C=O) groups excluding carboxylic acids is 1. The molecule has 5 nitrogen and oxygen atoms in total. The Morgan fingerprint density at radius 2 is 1.64 bits per heavy atom. The van der Waals surface area contributed by atoms with E-state index in [1.807, 2.05) is 81.8 Å². The van der Waals surface area contributed by atoms with Crippen LogP contribution in [-0.2, 0) is 26.3 Å². The molecular weight excluding hydrogens is 480 g/mol. The number of anilines is 1. The van der Waals surface area contributed by atoms with Gasteiger partial charge in [0.05, 0.1) is 4.47 Å². The molecule has 0 fully saturated rings. The highest BCUT2D eigenvalue weighted by Crippen LogP contribution is 2.32. The number of rotatable bonds is 8. The van der Waals surface area contributed by atoms with Gasteiger partial charge in [-0.05, 0) is 77.5 Å². The molecule has 1 N–H and O–H groups in total. The summed E-state index contributed by atoms with van der Waals surface area (Å²) in [6.07, 6.45) is 2.91. The molecule has 0 spiro atoms. The number of halogens is 1. The summed E-state index contributed by atoms with van der Waals surface area (Å²) in [5.74, 6) is 1.12. The fraction of sp³-hybridized carbons (Fsp3) is 0.333. The van der Waals surface area contributed by atoms with Crippen LogP contribution in [0.25, 0.3) is 0 Å². The standard InChI is InChI=1S/C27H31BrN2O3/c1-6-12-22-23(26(31)24(28)17(4)30(22)5)27(32)29-25-18(7-2)15-21(16-19(25)8-3)33-20-13-10-9-11-14-20/h9-11,13-16H,6-8,12H2,1-5H3,(H,29,32). The van der Waals surface area contributed by atoms with Gasteiger partial charge in [0.15, 0.2) is 0 Å². The normalized spacial score (nSPS) is 10.8. The van der Waals surface area contributed by atoms with Crippen LogP contribution < -0.4 is 15.5 Å².